The fourth-order valence-electron chi connectivity index (χ4n) is 5.42. The second-order valence-electron chi connectivity index (χ2n) is 9.32. The fraction of sp³-hybridized carbons (Fsp3) is 0.500. The quantitative estimate of drug-likeness (QED) is 0.760. The lowest BCUT2D eigenvalue weighted by atomic mass is 9.73. The van der Waals surface area contributed by atoms with E-state index in [4.69, 9.17) is 4.74 Å². The number of hydrogen-bond acceptors (Lipinski definition) is 3. The molecular weight excluding hydrogens is 372 g/mol. The monoisotopic (exact) mass is 406 g/mol. The first-order valence-corrected chi connectivity index (χ1v) is 11.2. The fourth-order valence-corrected chi connectivity index (χ4v) is 5.42. The van der Waals surface area contributed by atoms with Crippen LogP contribution in [0.5, 0.6) is 5.75 Å². The highest BCUT2D eigenvalue weighted by atomic mass is 16.5. The molecule has 1 N–H and O–H groups in total. The Labute approximate surface area is 180 Å². The Balaban J connectivity index is 1.43. The van der Waals surface area contributed by atoms with Crippen molar-refractivity contribution in [2.75, 3.05) is 20.2 Å². The Kier molecular flexibility index (Phi) is 6.14. The highest BCUT2D eigenvalue weighted by Crippen LogP contribution is 2.52. The van der Waals surface area contributed by atoms with Gasteiger partial charge in [0.15, 0.2) is 0 Å². The van der Waals surface area contributed by atoms with Gasteiger partial charge in [0.2, 0.25) is 5.91 Å². The molecule has 0 unspecified atom stereocenters. The van der Waals surface area contributed by atoms with E-state index in [0.29, 0.717) is 12.3 Å². The van der Waals surface area contributed by atoms with Crippen LogP contribution in [0.4, 0.5) is 0 Å². The molecule has 4 nitrogen and oxygen atoms in total. The van der Waals surface area contributed by atoms with Crippen molar-refractivity contribution in [2.24, 2.45) is 0 Å². The molecule has 160 valence electrons. The van der Waals surface area contributed by atoms with Crippen LogP contribution >= 0.6 is 0 Å². The van der Waals surface area contributed by atoms with E-state index in [1.165, 1.54) is 29.5 Å². The maximum atomic E-state index is 12.5. The van der Waals surface area contributed by atoms with Crippen molar-refractivity contribution in [1.29, 1.82) is 0 Å². The average molecular weight is 407 g/mol. The number of fused-ring (bicyclic) bond motifs is 2. The number of nitrogens with one attached hydrogen (secondary N) is 1. The molecule has 0 aromatic heterocycles. The minimum Gasteiger partial charge on any atom is -0.497 e. The first kappa shape index (κ1) is 20.9. The van der Waals surface area contributed by atoms with Gasteiger partial charge in [-0.25, -0.2) is 0 Å². The predicted octanol–water partition coefficient (Wildman–Crippen LogP) is 4.63. The Morgan fingerprint density at radius 2 is 1.83 bits per heavy atom. The third-order valence-electron chi connectivity index (χ3n) is 6.87. The first-order valence-electron chi connectivity index (χ1n) is 11.2. The maximum Gasteiger partial charge on any atom is 0.220 e. The molecule has 0 saturated carbocycles. The summed E-state index contributed by atoms with van der Waals surface area (Å²) in [5.74, 6) is 1.43. The van der Waals surface area contributed by atoms with Crippen molar-refractivity contribution in [2.45, 2.75) is 63.5 Å². The van der Waals surface area contributed by atoms with Gasteiger partial charge in [-0.2, -0.15) is 0 Å². The van der Waals surface area contributed by atoms with E-state index in [-0.39, 0.29) is 17.4 Å². The second-order valence-corrected chi connectivity index (χ2v) is 9.32. The zero-order chi connectivity index (χ0) is 21.1. The lowest BCUT2D eigenvalue weighted by Crippen LogP contribution is -2.41. The molecule has 4 rings (SSSR count). The smallest absolute Gasteiger partial charge is 0.220 e. The molecule has 0 bridgehead atoms. The summed E-state index contributed by atoms with van der Waals surface area (Å²) in [5, 5.41) is 3.08. The van der Waals surface area contributed by atoms with E-state index in [1.54, 1.807) is 7.11 Å². The largest absolute Gasteiger partial charge is 0.497 e. The van der Waals surface area contributed by atoms with Crippen LogP contribution in [-0.2, 0) is 16.8 Å². The standard InChI is InChI=1S/C26H34N2O2/c1-19(2)27-25(29)16-21-17-26(24-7-5-4-6-23(21)24)12-14-28(15-13-26)18-20-8-10-22(30-3)11-9-20/h4-11,19,21H,12-18H2,1-3H3,(H,27,29)/t21-/m1/s1. The van der Waals surface area contributed by atoms with Crippen LogP contribution in [0, 0.1) is 0 Å². The normalized spacial score (nSPS) is 20.3. The van der Waals surface area contributed by atoms with Crippen LogP contribution in [-0.4, -0.2) is 37.0 Å². The van der Waals surface area contributed by atoms with Crippen LogP contribution in [0.15, 0.2) is 48.5 Å². The molecule has 1 aliphatic carbocycles. The van der Waals surface area contributed by atoms with Crippen LogP contribution in [0.1, 0.15) is 62.1 Å². The van der Waals surface area contributed by atoms with E-state index >= 15 is 0 Å². The molecule has 4 heteroatoms. The third-order valence-corrected chi connectivity index (χ3v) is 6.87. The second kappa shape index (κ2) is 8.81. The summed E-state index contributed by atoms with van der Waals surface area (Å²) in [4.78, 5) is 15.0. The number of carbonyl (C=O) groups is 1. The van der Waals surface area contributed by atoms with Gasteiger partial charge in [0.05, 0.1) is 7.11 Å². The molecule has 1 spiro atoms. The number of rotatable bonds is 6. The summed E-state index contributed by atoms with van der Waals surface area (Å²) in [6, 6.07) is 17.5. The molecule has 1 saturated heterocycles. The highest BCUT2D eigenvalue weighted by Gasteiger charge is 2.45. The van der Waals surface area contributed by atoms with Crippen molar-refractivity contribution in [3.05, 3.63) is 65.2 Å². The molecule has 1 fully saturated rings. The number of ether oxygens (including phenoxy) is 1. The summed E-state index contributed by atoms with van der Waals surface area (Å²) in [5.41, 5.74) is 4.47. The molecule has 0 radical (unpaired) electrons. The van der Waals surface area contributed by atoms with E-state index in [1.807, 2.05) is 26.0 Å². The van der Waals surface area contributed by atoms with Gasteiger partial charge in [-0.3, -0.25) is 9.69 Å². The van der Waals surface area contributed by atoms with Gasteiger partial charge in [-0.15, -0.1) is 0 Å². The van der Waals surface area contributed by atoms with Gasteiger partial charge < -0.3 is 10.1 Å². The maximum absolute atomic E-state index is 12.5. The Bertz CT molecular complexity index is 867. The van der Waals surface area contributed by atoms with E-state index < -0.39 is 0 Å². The van der Waals surface area contributed by atoms with E-state index in [0.717, 1.165) is 31.8 Å². The van der Waals surface area contributed by atoms with E-state index in [2.05, 4.69) is 46.6 Å². The SMILES string of the molecule is COc1ccc(CN2CCC3(CC2)C[C@@H](CC(=O)NC(C)C)c2ccccc23)cc1. The zero-order valence-corrected chi connectivity index (χ0v) is 18.5. The summed E-state index contributed by atoms with van der Waals surface area (Å²) in [6.45, 7) is 7.25. The van der Waals surface area contributed by atoms with Crippen LogP contribution in [0.2, 0.25) is 0 Å². The summed E-state index contributed by atoms with van der Waals surface area (Å²) in [6.07, 6.45) is 4.05. The van der Waals surface area contributed by atoms with Gasteiger partial charge >= 0.3 is 0 Å². The molecule has 1 aliphatic heterocycles. The van der Waals surface area contributed by atoms with Crippen molar-refractivity contribution < 1.29 is 9.53 Å². The number of benzene rings is 2. The summed E-state index contributed by atoms with van der Waals surface area (Å²) < 4.78 is 5.27. The first-order chi connectivity index (χ1) is 14.5. The van der Waals surface area contributed by atoms with Crippen molar-refractivity contribution in [1.82, 2.24) is 10.2 Å². The van der Waals surface area contributed by atoms with Gasteiger partial charge in [0.25, 0.3) is 0 Å². The van der Waals surface area contributed by atoms with Crippen molar-refractivity contribution in [3.8, 4) is 5.75 Å². The third kappa shape index (κ3) is 4.39. The number of piperidine rings is 1. The number of hydrogen-bond donors (Lipinski definition) is 1. The minimum atomic E-state index is 0.179. The average Bonchev–Trinajstić information content (AvgIpc) is 3.03. The Hall–Kier alpha value is -2.33. The predicted molar refractivity (Wildman–Crippen MR) is 121 cm³/mol. The lowest BCUT2D eigenvalue weighted by molar-refractivity contribution is -0.122. The zero-order valence-electron chi connectivity index (χ0n) is 18.5. The van der Waals surface area contributed by atoms with Gasteiger partial charge in [-0.05, 0) is 86.4 Å². The molecule has 1 amide bonds. The molecule has 2 aromatic carbocycles. The number of nitrogens with zero attached hydrogens (tertiary/aromatic N) is 1. The Morgan fingerprint density at radius 3 is 2.50 bits per heavy atom. The van der Waals surface area contributed by atoms with Crippen LogP contribution < -0.4 is 10.1 Å². The molecule has 1 heterocycles. The number of likely N-dealkylation sites (tertiary alicyclic amines) is 1. The number of carbonyl (C=O) groups excluding carboxylic acids is 1. The Morgan fingerprint density at radius 1 is 1.13 bits per heavy atom. The van der Waals surface area contributed by atoms with Crippen molar-refractivity contribution in [3.63, 3.8) is 0 Å². The molecule has 30 heavy (non-hydrogen) atoms. The van der Waals surface area contributed by atoms with Gasteiger partial charge in [0, 0.05) is 19.0 Å². The van der Waals surface area contributed by atoms with Gasteiger partial charge in [-0.1, -0.05) is 36.4 Å². The van der Waals surface area contributed by atoms with Crippen molar-refractivity contribution >= 4 is 5.91 Å². The lowest BCUT2D eigenvalue weighted by Gasteiger charge is -2.40. The van der Waals surface area contributed by atoms with Crippen LogP contribution in [0.3, 0.4) is 0 Å². The number of amides is 1. The van der Waals surface area contributed by atoms with E-state index in [9.17, 15) is 4.79 Å². The topological polar surface area (TPSA) is 41.6 Å². The summed E-state index contributed by atoms with van der Waals surface area (Å²) >= 11 is 0. The molecule has 2 aliphatic rings. The summed E-state index contributed by atoms with van der Waals surface area (Å²) in [7, 11) is 1.71. The molecule has 1 atom stereocenters. The van der Waals surface area contributed by atoms with Gasteiger partial charge in [0.1, 0.15) is 5.75 Å². The minimum absolute atomic E-state index is 0.179. The highest BCUT2D eigenvalue weighted by molar-refractivity contribution is 5.77. The van der Waals surface area contributed by atoms with Crippen LogP contribution in [0.25, 0.3) is 0 Å². The number of methoxy groups -OCH3 is 1. The molecule has 2 aromatic rings. The molecular formula is C26H34N2O2.